The van der Waals surface area contributed by atoms with Crippen LogP contribution in [0.1, 0.15) is 12.0 Å². The van der Waals surface area contributed by atoms with E-state index >= 15 is 0 Å². The van der Waals surface area contributed by atoms with Gasteiger partial charge in [-0.1, -0.05) is 0 Å². The fourth-order valence-electron chi connectivity index (χ4n) is 4.02. The van der Waals surface area contributed by atoms with Gasteiger partial charge in [-0.3, -0.25) is 4.79 Å². The Bertz CT molecular complexity index is 977. The van der Waals surface area contributed by atoms with Gasteiger partial charge in [0.25, 0.3) is 0 Å². The van der Waals surface area contributed by atoms with E-state index in [1.807, 2.05) is 18.2 Å². The van der Waals surface area contributed by atoms with Gasteiger partial charge in [0.15, 0.2) is 11.5 Å². The maximum atomic E-state index is 12.8. The van der Waals surface area contributed by atoms with Gasteiger partial charge < -0.3 is 29.7 Å². The second-order valence-corrected chi connectivity index (χ2v) is 7.12. The topological polar surface area (TPSA) is 89.1 Å². The lowest BCUT2D eigenvalue weighted by molar-refractivity contribution is -0.120. The highest BCUT2D eigenvalue weighted by atomic mass is 16.5. The van der Waals surface area contributed by atoms with Crippen molar-refractivity contribution in [3.63, 3.8) is 0 Å². The van der Waals surface area contributed by atoms with Crippen LogP contribution in [-0.4, -0.2) is 51.3 Å². The standard InChI is InChI=1S/C21H23N3O5/c1-27-14-5-6-16-15(11-14)21(19(25)23-16)8-9-24(12-21)20(26)22-13-4-7-17(28-2)18(10-13)29-3/h4-7,10-11H,8-9,12H2,1-3H3,(H,22,26)(H,23,25)/t21-/m0/s1. The van der Waals surface area contributed by atoms with Crippen LogP contribution in [0, 0.1) is 0 Å². The molecule has 2 aliphatic heterocycles. The minimum atomic E-state index is -0.751. The van der Waals surface area contributed by atoms with Crippen LogP contribution in [0.15, 0.2) is 36.4 Å². The molecule has 1 saturated heterocycles. The summed E-state index contributed by atoms with van der Waals surface area (Å²) in [5.41, 5.74) is 1.49. The smallest absolute Gasteiger partial charge is 0.321 e. The van der Waals surface area contributed by atoms with E-state index in [1.165, 1.54) is 7.11 Å². The number of rotatable bonds is 4. The number of ether oxygens (including phenoxy) is 3. The molecule has 0 radical (unpaired) electrons. The molecule has 2 heterocycles. The number of urea groups is 1. The fourth-order valence-corrected chi connectivity index (χ4v) is 4.02. The highest BCUT2D eigenvalue weighted by Crippen LogP contribution is 2.45. The minimum Gasteiger partial charge on any atom is -0.497 e. The van der Waals surface area contributed by atoms with Crippen LogP contribution in [0.25, 0.3) is 0 Å². The number of methoxy groups -OCH3 is 3. The predicted molar refractivity (Wildman–Crippen MR) is 108 cm³/mol. The molecule has 0 unspecified atom stereocenters. The van der Waals surface area contributed by atoms with Gasteiger partial charge in [0, 0.05) is 30.5 Å². The summed E-state index contributed by atoms with van der Waals surface area (Å²) in [5.74, 6) is 1.72. The van der Waals surface area contributed by atoms with E-state index in [1.54, 1.807) is 37.3 Å². The summed E-state index contributed by atoms with van der Waals surface area (Å²) >= 11 is 0. The number of nitrogens with one attached hydrogen (secondary N) is 2. The number of anilines is 2. The SMILES string of the molecule is COc1ccc2c(c1)[C@@]1(CCN(C(=O)Nc3ccc(OC)c(OC)c3)C1)C(=O)N2. The fraction of sp³-hybridized carbons (Fsp3) is 0.333. The number of carbonyl (C=O) groups is 2. The Morgan fingerprint density at radius 3 is 2.59 bits per heavy atom. The average molecular weight is 397 g/mol. The van der Waals surface area contributed by atoms with Crippen LogP contribution < -0.4 is 24.8 Å². The first-order valence-corrected chi connectivity index (χ1v) is 9.28. The van der Waals surface area contributed by atoms with Gasteiger partial charge in [0.1, 0.15) is 5.75 Å². The molecule has 152 valence electrons. The monoisotopic (exact) mass is 397 g/mol. The zero-order chi connectivity index (χ0) is 20.6. The first kappa shape index (κ1) is 18.9. The summed E-state index contributed by atoms with van der Waals surface area (Å²) < 4.78 is 15.8. The molecule has 2 aromatic rings. The number of nitrogens with zero attached hydrogens (tertiary/aromatic N) is 1. The summed E-state index contributed by atoms with van der Waals surface area (Å²) in [6, 6.07) is 10.4. The molecule has 8 heteroatoms. The molecule has 1 atom stereocenters. The largest absolute Gasteiger partial charge is 0.497 e. The van der Waals surface area contributed by atoms with Gasteiger partial charge >= 0.3 is 6.03 Å². The van der Waals surface area contributed by atoms with E-state index in [2.05, 4.69) is 10.6 Å². The zero-order valence-electron chi connectivity index (χ0n) is 16.6. The maximum Gasteiger partial charge on any atom is 0.321 e. The van der Waals surface area contributed by atoms with Crippen molar-refractivity contribution in [3.8, 4) is 17.2 Å². The Balaban J connectivity index is 1.53. The van der Waals surface area contributed by atoms with Crippen LogP contribution >= 0.6 is 0 Å². The van der Waals surface area contributed by atoms with E-state index < -0.39 is 5.41 Å². The summed E-state index contributed by atoms with van der Waals surface area (Å²) in [6.07, 6.45) is 0.554. The highest BCUT2D eigenvalue weighted by Gasteiger charge is 2.52. The molecule has 0 saturated carbocycles. The van der Waals surface area contributed by atoms with Crippen LogP contribution in [0.2, 0.25) is 0 Å². The summed E-state index contributed by atoms with van der Waals surface area (Å²) in [7, 11) is 4.69. The van der Waals surface area contributed by atoms with Gasteiger partial charge in [-0.2, -0.15) is 0 Å². The van der Waals surface area contributed by atoms with E-state index in [0.29, 0.717) is 42.4 Å². The van der Waals surface area contributed by atoms with Crippen molar-refractivity contribution in [2.24, 2.45) is 0 Å². The molecule has 8 nitrogen and oxygen atoms in total. The Morgan fingerprint density at radius 2 is 1.86 bits per heavy atom. The lowest BCUT2D eigenvalue weighted by Gasteiger charge is -2.23. The molecule has 1 spiro atoms. The normalized spacial score (nSPS) is 19.7. The van der Waals surface area contributed by atoms with Gasteiger partial charge in [-0.15, -0.1) is 0 Å². The maximum absolute atomic E-state index is 12.8. The van der Waals surface area contributed by atoms with Crippen molar-refractivity contribution in [1.82, 2.24) is 4.90 Å². The third-order valence-corrected chi connectivity index (χ3v) is 5.62. The molecule has 2 aliphatic rings. The van der Waals surface area contributed by atoms with Gasteiger partial charge in [-0.25, -0.2) is 4.79 Å². The Labute approximate surface area is 168 Å². The number of carbonyl (C=O) groups excluding carboxylic acids is 2. The highest BCUT2D eigenvalue weighted by molar-refractivity contribution is 6.07. The first-order chi connectivity index (χ1) is 14.0. The molecule has 2 aromatic carbocycles. The number of hydrogen-bond donors (Lipinski definition) is 2. The van der Waals surface area contributed by atoms with Crippen molar-refractivity contribution in [2.45, 2.75) is 11.8 Å². The van der Waals surface area contributed by atoms with E-state index in [0.717, 1.165) is 11.3 Å². The quantitative estimate of drug-likeness (QED) is 0.828. The van der Waals surface area contributed by atoms with Crippen molar-refractivity contribution in [3.05, 3.63) is 42.0 Å². The van der Waals surface area contributed by atoms with Gasteiger partial charge in [-0.05, 0) is 42.3 Å². The summed E-state index contributed by atoms with van der Waals surface area (Å²) in [4.78, 5) is 27.3. The van der Waals surface area contributed by atoms with Crippen molar-refractivity contribution >= 4 is 23.3 Å². The first-order valence-electron chi connectivity index (χ1n) is 9.28. The van der Waals surface area contributed by atoms with Crippen molar-refractivity contribution in [1.29, 1.82) is 0 Å². The average Bonchev–Trinajstić information content (AvgIpc) is 3.31. The molecule has 1 fully saturated rings. The molecule has 29 heavy (non-hydrogen) atoms. The van der Waals surface area contributed by atoms with Gasteiger partial charge in [0.2, 0.25) is 5.91 Å². The van der Waals surface area contributed by atoms with Crippen LogP contribution in [0.4, 0.5) is 16.2 Å². The molecule has 4 rings (SSSR count). The molecular weight excluding hydrogens is 374 g/mol. The van der Waals surface area contributed by atoms with Crippen LogP contribution in [0.5, 0.6) is 17.2 Å². The number of likely N-dealkylation sites (tertiary alicyclic amines) is 1. The number of hydrogen-bond acceptors (Lipinski definition) is 5. The molecule has 0 bridgehead atoms. The predicted octanol–water partition coefficient (Wildman–Crippen LogP) is 2.84. The molecule has 0 aliphatic carbocycles. The molecule has 3 amide bonds. The molecule has 2 N–H and O–H groups in total. The molecular formula is C21H23N3O5. The van der Waals surface area contributed by atoms with Crippen LogP contribution in [0.3, 0.4) is 0 Å². The number of benzene rings is 2. The van der Waals surface area contributed by atoms with Crippen molar-refractivity contribution < 1.29 is 23.8 Å². The Hall–Kier alpha value is -3.42. The van der Waals surface area contributed by atoms with Crippen LogP contribution in [-0.2, 0) is 10.2 Å². The zero-order valence-corrected chi connectivity index (χ0v) is 16.6. The van der Waals surface area contributed by atoms with Crippen molar-refractivity contribution in [2.75, 3.05) is 45.1 Å². The number of fused-ring (bicyclic) bond motifs is 2. The third-order valence-electron chi connectivity index (χ3n) is 5.62. The van der Waals surface area contributed by atoms with E-state index in [9.17, 15) is 9.59 Å². The number of amides is 3. The Morgan fingerprint density at radius 1 is 1.07 bits per heavy atom. The lowest BCUT2D eigenvalue weighted by Crippen LogP contribution is -2.40. The second kappa shape index (κ2) is 7.20. The lowest BCUT2D eigenvalue weighted by atomic mass is 9.81. The van der Waals surface area contributed by atoms with E-state index in [4.69, 9.17) is 14.2 Å². The molecule has 0 aromatic heterocycles. The Kier molecular flexibility index (Phi) is 4.70. The second-order valence-electron chi connectivity index (χ2n) is 7.12. The van der Waals surface area contributed by atoms with Gasteiger partial charge in [0.05, 0.1) is 26.7 Å². The van der Waals surface area contributed by atoms with E-state index in [-0.39, 0.29) is 11.9 Å². The third kappa shape index (κ3) is 3.10. The minimum absolute atomic E-state index is 0.0813. The summed E-state index contributed by atoms with van der Waals surface area (Å²) in [6.45, 7) is 0.779. The summed E-state index contributed by atoms with van der Waals surface area (Å²) in [5, 5.41) is 5.81.